The van der Waals surface area contributed by atoms with Crippen molar-refractivity contribution in [2.45, 2.75) is 43.6 Å². The third-order valence-electron chi connectivity index (χ3n) is 4.92. The Morgan fingerprint density at radius 1 is 1.27 bits per heavy atom. The number of nitrogens with one attached hydrogen (secondary N) is 2. The highest BCUT2D eigenvalue weighted by Crippen LogP contribution is 2.28. The largest absolute Gasteiger partial charge is 0.388 e. The fourth-order valence-electron chi connectivity index (χ4n) is 3.29. The normalized spacial score (nSPS) is 28.7. The fourth-order valence-corrected chi connectivity index (χ4v) is 3.29. The number of urea groups is 1. The SMILES string of the molecule is O=C(NCc1ccccc1)NC1COC(CN2CCC(F)(F)CC2)C1O. The maximum atomic E-state index is 13.2. The van der Waals surface area contributed by atoms with E-state index in [1.165, 1.54) is 0 Å². The van der Waals surface area contributed by atoms with E-state index in [1.54, 1.807) is 0 Å². The van der Waals surface area contributed by atoms with Gasteiger partial charge in [-0.25, -0.2) is 13.6 Å². The van der Waals surface area contributed by atoms with Crippen molar-refractivity contribution in [1.82, 2.24) is 15.5 Å². The summed E-state index contributed by atoms with van der Waals surface area (Å²) in [7, 11) is 0. The summed E-state index contributed by atoms with van der Waals surface area (Å²) >= 11 is 0. The lowest BCUT2D eigenvalue weighted by atomic mass is 10.0. The summed E-state index contributed by atoms with van der Waals surface area (Å²) in [4.78, 5) is 13.9. The minimum atomic E-state index is -2.59. The number of ether oxygens (including phenoxy) is 1. The molecule has 1 aromatic rings. The highest BCUT2D eigenvalue weighted by Gasteiger charge is 2.40. The molecule has 3 rings (SSSR count). The number of rotatable bonds is 5. The van der Waals surface area contributed by atoms with Crippen molar-refractivity contribution in [3.8, 4) is 0 Å². The van der Waals surface area contributed by atoms with E-state index < -0.39 is 24.2 Å². The van der Waals surface area contributed by atoms with Crippen molar-refractivity contribution in [2.75, 3.05) is 26.2 Å². The molecular weight excluding hydrogens is 344 g/mol. The second-order valence-electron chi connectivity index (χ2n) is 6.94. The standard InChI is InChI=1S/C18H25F2N3O3/c19-18(20)6-8-23(9-7-18)11-15-16(24)14(12-26-15)22-17(25)21-10-13-4-2-1-3-5-13/h1-5,14-16,24H,6-12H2,(H2,21,22,25). The van der Waals surface area contributed by atoms with E-state index in [4.69, 9.17) is 4.74 Å². The molecule has 0 bridgehead atoms. The first-order valence-corrected chi connectivity index (χ1v) is 8.91. The Bertz CT molecular complexity index is 593. The average Bonchev–Trinajstić information content (AvgIpc) is 2.96. The fraction of sp³-hybridized carbons (Fsp3) is 0.611. The van der Waals surface area contributed by atoms with Gasteiger partial charge in [-0.2, -0.15) is 0 Å². The van der Waals surface area contributed by atoms with Crippen LogP contribution in [0.5, 0.6) is 0 Å². The van der Waals surface area contributed by atoms with E-state index in [0.29, 0.717) is 13.1 Å². The molecule has 2 heterocycles. The molecule has 2 fully saturated rings. The van der Waals surface area contributed by atoms with E-state index in [9.17, 15) is 18.7 Å². The molecule has 8 heteroatoms. The van der Waals surface area contributed by atoms with Gasteiger partial charge in [0.15, 0.2) is 0 Å². The molecule has 0 aromatic heterocycles. The number of halogens is 2. The van der Waals surface area contributed by atoms with E-state index >= 15 is 0 Å². The molecule has 2 saturated heterocycles. The summed E-state index contributed by atoms with van der Waals surface area (Å²) in [6.07, 6.45) is -1.68. The monoisotopic (exact) mass is 369 g/mol. The van der Waals surface area contributed by atoms with Crippen LogP contribution in [0.4, 0.5) is 13.6 Å². The molecule has 1 aromatic carbocycles. The molecule has 0 saturated carbocycles. The van der Waals surface area contributed by atoms with Crippen LogP contribution in [0.2, 0.25) is 0 Å². The Labute approximate surface area is 151 Å². The number of hydrogen-bond donors (Lipinski definition) is 3. The summed E-state index contributed by atoms with van der Waals surface area (Å²) in [5.74, 6) is -2.59. The molecule has 144 valence electrons. The van der Waals surface area contributed by atoms with Gasteiger partial charge in [-0.1, -0.05) is 30.3 Å². The van der Waals surface area contributed by atoms with Crippen LogP contribution in [-0.2, 0) is 11.3 Å². The van der Waals surface area contributed by atoms with E-state index in [-0.39, 0.29) is 38.6 Å². The van der Waals surface area contributed by atoms with Gasteiger partial charge in [-0.15, -0.1) is 0 Å². The number of carbonyl (C=O) groups excluding carboxylic acids is 1. The number of nitrogens with zero attached hydrogens (tertiary/aromatic N) is 1. The first-order chi connectivity index (χ1) is 12.4. The third-order valence-corrected chi connectivity index (χ3v) is 4.92. The number of amides is 2. The third kappa shape index (κ3) is 5.12. The van der Waals surface area contributed by atoms with Crippen LogP contribution >= 0.6 is 0 Å². The molecule has 2 amide bonds. The van der Waals surface area contributed by atoms with Crippen LogP contribution in [0.1, 0.15) is 18.4 Å². The van der Waals surface area contributed by atoms with Crippen molar-refractivity contribution in [3.63, 3.8) is 0 Å². The van der Waals surface area contributed by atoms with Gasteiger partial charge in [-0.05, 0) is 5.56 Å². The van der Waals surface area contributed by atoms with Crippen LogP contribution in [-0.4, -0.2) is 66.5 Å². The van der Waals surface area contributed by atoms with Gasteiger partial charge in [0.1, 0.15) is 6.10 Å². The van der Waals surface area contributed by atoms with Gasteiger partial charge in [-0.3, -0.25) is 0 Å². The van der Waals surface area contributed by atoms with Gasteiger partial charge in [0.2, 0.25) is 0 Å². The Hall–Kier alpha value is -1.77. The average molecular weight is 369 g/mol. The topological polar surface area (TPSA) is 73.8 Å². The summed E-state index contributed by atoms with van der Waals surface area (Å²) in [6.45, 7) is 1.56. The summed E-state index contributed by atoms with van der Waals surface area (Å²) in [6, 6.07) is 8.62. The first kappa shape index (κ1) is 19.0. The van der Waals surface area contributed by atoms with E-state index in [0.717, 1.165) is 5.56 Å². The number of alkyl halides is 2. The number of aliphatic hydroxyl groups is 1. The predicted octanol–water partition coefficient (Wildman–Crippen LogP) is 1.35. The van der Waals surface area contributed by atoms with E-state index in [2.05, 4.69) is 10.6 Å². The zero-order valence-corrected chi connectivity index (χ0v) is 14.5. The lowest BCUT2D eigenvalue weighted by Crippen LogP contribution is -2.50. The van der Waals surface area contributed by atoms with Gasteiger partial charge in [0.25, 0.3) is 5.92 Å². The second kappa shape index (κ2) is 8.28. The highest BCUT2D eigenvalue weighted by atomic mass is 19.3. The number of likely N-dealkylation sites (tertiary alicyclic amines) is 1. The maximum Gasteiger partial charge on any atom is 0.315 e. The lowest BCUT2D eigenvalue weighted by Gasteiger charge is -2.33. The first-order valence-electron chi connectivity index (χ1n) is 8.91. The zero-order chi connectivity index (χ0) is 18.6. The number of hydrogen-bond acceptors (Lipinski definition) is 4. The molecule has 3 N–H and O–H groups in total. The minimum absolute atomic E-state index is 0.167. The van der Waals surface area contributed by atoms with Crippen molar-refractivity contribution in [3.05, 3.63) is 35.9 Å². The van der Waals surface area contributed by atoms with Crippen LogP contribution in [0, 0.1) is 0 Å². The van der Waals surface area contributed by atoms with Crippen LogP contribution in [0.15, 0.2) is 30.3 Å². The molecule has 2 aliphatic rings. The quantitative estimate of drug-likeness (QED) is 0.733. The number of carbonyl (C=O) groups is 1. The van der Waals surface area contributed by atoms with Crippen LogP contribution in [0.25, 0.3) is 0 Å². The highest BCUT2D eigenvalue weighted by molar-refractivity contribution is 5.74. The molecule has 0 spiro atoms. The number of aliphatic hydroxyl groups excluding tert-OH is 1. The molecule has 0 radical (unpaired) electrons. The van der Waals surface area contributed by atoms with Gasteiger partial charge >= 0.3 is 6.03 Å². The van der Waals surface area contributed by atoms with Crippen molar-refractivity contribution >= 4 is 6.03 Å². The van der Waals surface area contributed by atoms with Gasteiger partial charge in [0, 0.05) is 39.0 Å². The molecular formula is C18H25F2N3O3. The number of piperidine rings is 1. The van der Waals surface area contributed by atoms with Crippen LogP contribution < -0.4 is 10.6 Å². The maximum absolute atomic E-state index is 13.2. The molecule has 0 aliphatic carbocycles. The predicted molar refractivity (Wildman–Crippen MR) is 92.0 cm³/mol. The zero-order valence-electron chi connectivity index (χ0n) is 14.5. The molecule has 3 atom stereocenters. The summed E-state index contributed by atoms with van der Waals surface area (Å²) < 4.78 is 32.0. The summed E-state index contributed by atoms with van der Waals surface area (Å²) in [5.41, 5.74) is 0.977. The van der Waals surface area contributed by atoms with Crippen molar-refractivity contribution in [2.24, 2.45) is 0 Å². The molecule has 3 unspecified atom stereocenters. The van der Waals surface area contributed by atoms with Crippen LogP contribution in [0.3, 0.4) is 0 Å². The van der Waals surface area contributed by atoms with Crippen molar-refractivity contribution in [1.29, 1.82) is 0 Å². The Balaban J connectivity index is 1.41. The molecule has 26 heavy (non-hydrogen) atoms. The lowest BCUT2D eigenvalue weighted by molar-refractivity contribution is -0.0674. The van der Waals surface area contributed by atoms with Gasteiger partial charge < -0.3 is 25.4 Å². The Morgan fingerprint density at radius 3 is 2.65 bits per heavy atom. The Morgan fingerprint density at radius 2 is 1.96 bits per heavy atom. The number of benzene rings is 1. The minimum Gasteiger partial charge on any atom is -0.388 e. The van der Waals surface area contributed by atoms with E-state index in [1.807, 2.05) is 35.2 Å². The molecule has 2 aliphatic heterocycles. The summed E-state index contributed by atoms with van der Waals surface area (Å²) in [5, 5.41) is 15.8. The smallest absolute Gasteiger partial charge is 0.315 e. The van der Waals surface area contributed by atoms with Gasteiger partial charge in [0.05, 0.1) is 18.8 Å². The molecule has 6 nitrogen and oxygen atoms in total. The van der Waals surface area contributed by atoms with Crippen molar-refractivity contribution < 1.29 is 23.4 Å². The Kier molecular flexibility index (Phi) is 6.05. The second-order valence-corrected chi connectivity index (χ2v) is 6.94.